The van der Waals surface area contributed by atoms with Gasteiger partial charge in [0.25, 0.3) is 5.91 Å². The average Bonchev–Trinajstić information content (AvgIpc) is 2.70. The highest BCUT2D eigenvalue weighted by Crippen LogP contribution is 2.29. The second-order valence-electron chi connectivity index (χ2n) is 5.37. The van der Waals surface area contributed by atoms with Crippen molar-refractivity contribution in [1.82, 2.24) is 5.06 Å². The Labute approximate surface area is 131 Å². The molecule has 1 aromatic rings. The normalized spacial score (nSPS) is 16.6. The molecule has 4 nitrogen and oxygen atoms in total. The molecule has 21 heavy (non-hydrogen) atoms. The summed E-state index contributed by atoms with van der Waals surface area (Å²) in [5.74, 6) is 0.00687. The maximum absolute atomic E-state index is 11.9. The molecule has 0 radical (unpaired) electrons. The van der Waals surface area contributed by atoms with E-state index in [1.165, 1.54) is 5.06 Å². The van der Waals surface area contributed by atoms with Crippen molar-refractivity contribution in [2.24, 2.45) is 5.41 Å². The number of ether oxygens (including phenoxy) is 1. The van der Waals surface area contributed by atoms with Crippen LogP contribution < -0.4 is 0 Å². The van der Waals surface area contributed by atoms with Crippen LogP contribution in [0.25, 0.3) is 0 Å². The monoisotopic (exact) mass is 313 g/mol. The predicted molar refractivity (Wildman–Crippen MR) is 83.9 cm³/mol. The quantitative estimate of drug-likeness (QED) is 0.851. The minimum Gasteiger partial charge on any atom is -0.382 e. The number of nitrogens with zero attached hydrogens (tertiary/aromatic N) is 1. The second-order valence-corrected chi connectivity index (χ2v) is 5.78. The average molecular weight is 314 g/mol. The minimum atomic E-state index is -0.429. The molecule has 0 spiro atoms. The van der Waals surface area contributed by atoms with Gasteiger partial charge in [-0.15, -0.1) is 0 Å². The molecule has 118 valence electrons. The Hall–Kier alpha value is -1.10. The Morgan fingerprint density at radius 1 is 1.29 bits per heavy atom. The van der Waals surface area contributed by atoms with E-state index in [1.807, 2.05) is 52.0 Å². The van der Waals surface area contributed by atoms with E-state index in [4.69, 9.17) is 21.2 Å². The van der Waals surface area contributed by atoms with E-state index in [0.29, 0.717) is 18.2 Å². The van der Waals surface area contributed by atoms with Gasteiger partial charge in [0.1, 0.15) is 0 Å². The highest BCUT2D eigenvalue weighted by atomic mass is 35.5. The first-order chi connectivity index (χ1) is 9.92. The molecule has 0 aromatic heterocycles. The molecule has 1 amide bonds. The summed E-state index contributed by atoms with van der Waals surface area (Å²) < 4.78 is 4.83. The van der Waals surface area contributed by atoms with Gasteiger partial charge in [0.05, 0.1) is 18.6 Å². The van der Waals surface area contributed by atoms with E-state index in [-0.39, 0.29) is 5.91 Å². The molecule has 2 rings (SSSR count). The van der Waals surface area contributed by atoms with Crippen molar-refractivity contribution in [2.45, 2.75) is 34.2 Å². The van der Waals surface area contributed by atoms with Crippen LogP contribution in [0.3, 0.4) is 0 Å². The summed E-state index contributed by atoms with van der Waals surface area (Å²) in [4.78, 5) is 17.3. The van der Waals surface area contributed by atoms with Crippen LogP contribution in [0.2, 0.25) is 5.02 Å². The van der Waals surface area contributed by atoms with Crippen molar-refractivity contribution >= 4 is 17.5 Å². The third-order valence-electron chi connectivity index (χ3n) is 3.07. The van der Waals surface area contributed by atoms with Gasteiger partial charge < -0.3 is 4.74 Å². The standard InChI is InChI=1S/C12H14ClNO2.C4H10O/c1-12(2)8-16-14(11(12)15)7-9-5-3-4-6-10(9)13;1-3-5-4-2/h3-6H,7-8H2,1-2H3;3-4H2,1-2H3. The van der Waals surface area contributed by atoms with Gasteiger partial charge >= 0.3 is 0 Å². The Bertz CT molecular complexity index is 461. The van der Waals surface area contributed by atoms with Crippen molar-refractivity contribution < 1.29 is 14.4 Å². The lowest BCUT2D eigenvalue weighted by Gasteiger charge is -2.16. The van der Waals surface area contributed by atoms with Gasteiger partial charge in [0.15, 0.2) is 0 Å². The Morgan fingerprint density at radius 2 is 1.90 bits per heavy atom. The molecule has 0 unspecified atom stereocenters. The SMILES string of the molecule is CC1(C)CON(Cc2ccccc2Cl)C1=O.CCOCC. The molecular weight excluding hydrogens is 290 g/mol. The van der Waals surface area contributed by atoms with Crippen LogP contribution in [0.1, 0.15) is 33.3 Å². The van der Waals surface area contributed by atoms with E-state index in [0.717, 1.165) is 18.8 Å². The first-order valence-electron chi connectivity index (χ1n) is 7.18. The van der Waals surface area contributed by atoms with E-state index >= 15 is 0 Å². The number of halogens is 1. The third kappa shape index (κ3) is 5.30. The van der Waals surface area contributed by atoms with Crippen LogP contribution in [0.4, 0.5) is 0 Å². The molecule has 0 aliphatic carbocycles. The van der Waals surface area contributed by atoms with Crippen molar-refractivity contribution in [3.05, 3.63) is 34.9 Å². The van der Waals surface area contributed by atoms with Gasteiger partial charge in [-0.3, -0.25) is 9.63 Å². The highest BCUT2D eigenvalue weighted by molar-refractivity contribution is 6.31. The number of amides is 1. The maximum Gasteiger partial charge on any atom is 0.254 e. The van der Waals surface area contributed by atoms with Gasteiger partial charge in [-0.2, -0.15) is 0 Å². The number of benzene rings is 1. The van der Waals surface area contributed by atoms with Crippen LogP contribution in [0.15, 0.2) is 24.3 Å². The summed E-state index contributed by atoms with van der Waals surface area (Å²) in [6.45, 7) is 10.3. The molecule has 1 aromatic carbocycles. The van der Waals surface area contributed by atoms with Crippen LogP contribution in [0, 0.1) is 5.41 Å². The lowest BCUT2D eigenvalue weighted by Crippen LogP contribution is -2.30. The molecular formula is C16H24ClNO3. The van der Waals surface area contributed by atoms with Gasteiger partial charge in [-0.05, 0) is 39.3 Å². The molecule has 1 aliphatic rings. The van der Waals surface area contributed by atoms with Crippen molar-refractivity contribution in [3.8, 4) is 0 Å². The van der Waals surface area contributed by atoms with E-state index < -0.39 is 5.41 Å². The van der Waals surface area contributed by atoms with Crippen molar-refractivity contribution in [1.29, 1.82) is 0 Å². The molecule has 0 bridgehead atoms. The largest absolute Gasteiger partial charge is 0.382 e. The van der Waals surface area contributed by atoms with Gasteiger partial charge in [-0.1, -0.05) is 29.8 Å². The number of hydrogen-bond acceptors (Lipinski definition) is 3. The summed E-state index contributed by atoms with van der Waals surface area (Å²) in [5.41, 5.74) is 0.469. The zero-order valence-electron chi connectivity index (χ0n) is 13.2. The second kappa shape index (κ2) is 8.37. The zero-order valence-corrected chi connectivity index (χ0v) is 13.9. The van der Waals surface area contributed by atoms with Crippen molar-refractivity contribution in [2.75, 3.05) is 19.8 Å². The Kier molecular flexibility index (Phi) is 7.15. The summed E-state index contributed by atoms with van der Waals surface area (Å²) in [5, 5.41) is 2.05. The summed E-state index contributed by atoms with van der Waals surface area (Å²) in [7, 11) is 0. The molecule has 1 aliphatic heterocycles. The fraction of sp³-hybridized carbons (Fsp3) is 0.562. The number of rotatable bonds is 4. The highest BCUT2D eigenvalue weighted by Gasteiger charge is 2.40. The number of hydrogen-bond donors (Lipinski definition) is 0. The Balaban J connectivity index is 0.000000383. The maximum atomic E-state index is 11.9. The van der Waals surface area contributed by atoms with Gasteiger partial charge in [0.2, 0.25) is 0 Å². The van der Waals surface area contributed by atoms with Crippen LogP contribution >= 0.6 is 11.6 Å². The topological polar surface area (TPSA) is 38.8 Å². The molecule has 5 heteroatoms. The number of hydroxylamine groups is 2. The first-order valence-corrected chi connectivity index (χ1v) is 7.56. The molecule has 0 N–H and O–H groups in total. The van der Waals surface area contributed by atoms with Crippen LogP contribution in [-0.2, 0) is 20.9 Å². The zero-order chi connectivity index (χ0) is 15.9. The summed E-state index contributed by atoms with van der Waals surface area (Å²) in [6, 6.07) is 7.46. The van der Waals surface area contributed by atoms with Crippen LogP contribution in [0.5, 0.6) is 0 Å². The van der Waals surface area contributed by atoms with E-state index in [9.17, 15) is 4.79 Å². The van der Waals surface area contributed by atoms with Crippen LogP contribution in [-0.4, -0.2) is 30.8 Å². The third-order valence-corrected chi connectivity index (χ3v) is 3.44. The minimum absolute atomic E-state index is 0.00687. The van der Waals surface area contributed by atoms with Crippen molar-refractivity contribution in [3.63, 3.8) is 0 Å². The number of carbonyl (C=O) groups is 1. The lowest BCUT2D eigenvalue weighted by molar-refractivity contribution is -0.165. The smallest absolute Gasteiger partial charge is 0.254 e. The Morgan fingerprint density at radius 3 is 2.33 bits per heavy atom. The molecule has 0 atom stereocenters. The van der Waals surface area contributed by atoms with E-state index in [1.54, 1.807) is 0 Å². The molecule has 1 heterocycles. The van der Waals surface area contributed by atoms with Gasteiger partial charge in [0, 0.05) is 18.2 Å². The lowest BCUT2D eigenvalue weighted by atomic mass is 9.95. The number of carbonyl (C=O) groups excluding carboxylic acids is 1. The van der Waals surface area contributed by atoms with Gasteiger partial charge in [-0.25, -0.2) is 5.06 Å². The predicted octanol–water partition coefficient (Wildman–Crippen LogP) is 3.68. The van der Waals surface area contributed by atoms with E-state index in [2.05, 4.69) is 0 Å². The summed E-state index contributed by atoms with van der Waals surface area (Å²) >= 11 is 6.03. The fourth-order valence-corrected chi connectivity index (χ4v) is 2.00. The first kappa shape index (κ1) is 18.0. The fourth-order valence-electron chi connectivity index (χ4n) is 1.80. The molecule has 0 saturated carbocycles. The summed E-state index contributed by atoms with van der Waals surface area (Å²) in [6.07, 6.45) is 0. The molecule has 1 fully saturated rings. The molecule has 1 saturated heterocycles.